The molecular weight excluding hydrogens is 204 g/mol. The van der Waals surface area contributed by atoms with Crippen molar-refractivity contribution >= 4 is 11.6 Å². The van der Waals surface area contributed by atoms with Crippen molar-refractivity contribution in [2.45, 2.75) is 34.1 Å². The largest absolute Gasteiger partial charge is 0.508 e. The van der Waals surface area contributed by atoms with Gasteiger partial charge in [0.2, 0.25) is 0 Å². The number of phenols is 1. The first-order valence-electron chi connectivity index (χ1n) is 5.10. The van der Waals surface area contributed by atoms with E-state index in [0.29, 0.717) is 12.2 Å². The second-order valence-corrected chi connectivity index (χ2v) is 3.30. The van der Waals surface area contributed by atoms with E-state index in [0.717, 1.165) is 0 Å². The average Bonchev–Trinajstić information content (AvgIpc) is 2.19. The zero-order chi connectivity index (χ0) is 13.0. The second kappa shape index (κ2) is 11.4. The number of rotatable bonds is 1. The summed E-state index contributed by atoms with van der Waals surface area (Å²) in [5.74, 6) is 0.743. The molecule has 0 bridgehead atoms. The Morgan fingerprint density at radius 3 is 1.50 bits per heavy atom. The molecule has 90 valence electrons. The number of aromatic hydroxyl groups is 1. The number of carbonyl (C=O) groups excluding carboxylic acids is 2. The molecule has 0 aliphatic carbocycles. The Hall–Kier alpha value is -1.64. The Labute approximate surface area is 97.1 Å². The topological polar surface area (TPSA) is 54.4 Å². The Bertz CT molecular complexity index is 287. The number of para-hydroxylation sites is 1. The molecule has 0 atom stereocenters. The third-order valence-electron chi connectivity index (χ3n) is 1.25. The molecular formula is C13H20O3. The molecule has 16 heavy (non-hydrogen) atoms. The van der Waals surface area contributed by atoms with Gasteiger partial charge in [-0.15, -0.1) is 0 Å². The number of phenolic OH excluding ortho intramolecular Hbond substituents is 1. The van der Waals surface area contributed by atoms with Crippen LogP contribution >= 0.6 is 0 Å². The first-order chi connectivity index (χ1) is 7.40. The van der Waals surface area contributed by atoms with Gasteiger partial charge >= 0.3 is 0 Å². The number of carbonyl (C=O) groups is 2. The molecule has 1 aromatic carbocycles. The number of benzene rings is 1. The van der Waals surface area contributed by atoms with Crippen molar-refractivity contribution in [2.75, 3.05) is 0 Å². The molecule has 0 amide bonds. The molecule has 1 N–H and O–H groups in total. The highest BCUT2D eigenvalue weighted by Crippen LogP contribution is 2.02. The Morgan fingerprint density at radius 1 is 1.06 bits per heavy atom. The Kier molecular flexibility index (Phi) is 12.0. The Balaban J connectivity index is 0. The normalized spacial score (nSPS) is 7.75. The fourth-order valence-electron chi connectivity index (χ4n) is 0.428. The molecule has 0 heterocycles. The molecule has 1 aromatic rings. The van der Waals surface area contributed by atoms with Crippen LogP contribution in [-0.4, -0.2) is 16.7 Å². The number of hydrogen-bond donors (Lipinski definition) is 1. The van der Waals surface area contributed by atoms with Crippen molar-refractivity contribution in [3.05, 3.63) is 30.3 Å². The quantitative estimate of drug-likeness (QED) is 0.797. The molecule has 0 spiro atoms. The van der Waals surface area contributed by atoms with Gasteiger partial charge in [-0.2, -0.15) is 0 Å². The third-order valence-corrected chi connectivity index (χ3v) is 1.25. The van der Waals surface area contributed by atoms with Crippen molar-refractivity contribution in [1.82, 2.24) is 0 Å². The molecule has 0 aliphatic rings. The average molecular weight is 224 g/mol. The van der Waals surface area contributed by atoms with E-state index in [4.69, 9.17) is 5.11 Å². The summed E-state index contributed by atoms with van der Waals surface area (Å²) in [4.78, 5) is 19.3. The highest BCUT2D eigenvalue weighted by Gasteiger charge is 1.77. The van der Waals surface area contributed by atoms with Gasteiger partial charge < -0.3 is 14.7 Å². The van der Waals surface area contributed by atoms with Crippen LogP contribution in [0.3, 0.4) is 0 Å². The molecule has 0 saturated heterocycles. The Morgan fingerprint density at radius 2 is 1.38 bits per heavy atom. The summed E-state index contributed by atoms with van der Waals surface area (Å²) in [6.07, 6.45) is 0.667. The molecule has 3 heteroatoms. The maximum absolute atomic E-state index is 9.81. The number of Topliss-reactive ketones (excluding diaryl/α,β-unsaturated/α-hetero) is 2. The number of ketones is 2. The summed E-state index contributed by atoms with van der Waals surface area (Å²) in [5.41, 5.74) is 0. The van der Waals surface area contributed by atoms with E-state index in [9.17, 15) is 9.59 Å². The smallest absolute Gasteiger partial charge is 0.129 e. The lowest BCUT2D eigenvalue weighted by molar-refractivity contribution is -0.117. The van der Waals surface area contributed by atoms with Gasteiger partial charge in [0.1, 0.15) is 17.3 Å². The van der Waals surface area contributed by atoms with Crippen molar-refractivity contribution < 1.29 is 14.7 Å². The van der Waals surface area contributed by atoms with E-state index in [1.165, 1.54) is 13.8 Å². The van der Waals surface area contributed by atoms with E-state index in [2.05, 4.69) is 0 Å². The van der Waals surface area contributed by atoms with Crippen LogP contribution in [0.25, 0.3) is 0 Å². The van der Waals surface area contributed by atoms with Crippen LogP contribution in [0.5, 0.6) is 5.75 Å². The lowest BCUT2D eigenvalue weighted by atomic mass is 10.3. The summed E-state index contributed by atoms with van der Waals surface area (Å²) in [5, 5.41) is 8.63. The minimum atomic E-state index is 0.167. The molecule has 1 rings (SSSR count). The first-order valence-corrected chi connectivity index (χ1v) is 5.10. The summed E-state index contributed by atoms with van der Waals surface area (Å²) in [6.45, 7) is 6.49. The van der Waals surface area contributed by atoms with Gasteiger partial charge in [0.05, 0.1) is 0 Å². The summed E-state index contributed by atoms with van der Waals surface area (Å²) in [6, 6.07) is 8.71. The second-order valence-electron chi connectivity index (χ2n) is 3.30. The lowest BCUT2D eigenvalue weighted by Gasteiger charge is -1.82. The third kappa shape index (κ3) is 22.8. The predicted octanol–water partition coefficient (Wildman–Crippen LogP) is 2.97. The van der Waals surface area contributed by atoms with Gasteiger partial charge in [0, 0.05) is 6.42 Å². The van der Waals surface area contributed by atoms with Crippen LogP contribution in [0.4, 0.5) is 0 Å². The van der Waals surface area contributed by atoms with Crippen molar-refractivity contribution in [2.24, 2.45) is 0 Å². The molecule has 0 radical (unpaired) electrons. The van der Waals surface area contributed by atoms with Crippen molar-refractivity contribution in [1.29, 1.82) is 0 Å². The molecule has 0 saturated carbocycles. The zero-order valence-corrected chi connectivity index (χ0v) is 10.4. The van der Waals surface area contributed by atoms with Gasteiger partial charge in [0.15, 0.2) is 0 Å². The first kappa shape index (κ1) is 16.8. The van der Waals surface area contributed by atoms with Crippen molar-refractivity contribution in [3.8, 4) is 5.75 Å². The monoisotopic (exact) mass is 224 g/mol. The highest BCUT2D eigenvalue weighted by atomic mass is 16.3. The molecule has 0 aromatic heterocycles. The van der Waals surface area contributed by atoms with Crippen LogP contribution in [0.1, 0.15) is 34.1 Å². The van der Waals surface area contributed by atoms with Crippen LogP contribution in [0.15, 0.2) is 30.3 Å². The standard InChI is InChI=1S/C6H6O.C4H8O.C3H6O/c7-6-4-2-1-3-5-6;1-3-4(2)5;1-3(2)4/h1-5,7H;3H2,1-2H3;1-2H3. The molecule has 0 fully saturated rings. The maximum atomic E-state index is 9.81. The van der Waals surface area contributed by atoms with Gasteiger partial charge in [0.25, 0.3) is 0 Å². The zero-order valence-electron chi connectivity index (χ0n) is 10.4. The summed E-state index contributed by atoms with van der Waals surface area (Å²) < 4.78 is 0. The molecule has 3 nitrogen and oxygen atoms in total. The predicted molar refractivity (Wildman–Crippen MR) is 65.4 cm³/mol. The summed E-state index contributed by atoms with van der Waals surface area (Å²) >= 11 is 0. The van der Waals surface area contributed by atoms with Crippen LogP contribution in [0.2, 0.25) is 0 Å². The van der Waals surface area contributed by atoms with E-state index in [-0.39, 0.29) is 11.6 Å². The van der Waals surface area contributed by atoms with E-state index >= 15 is 0 Å². The van der Waals surface area contributed by atoms with Gasteiger partial charge in [-0.25, -0.2) is 0 Å². The summed E-state index contributed by atoms with van der Waals surface area (Å²) in [7, 11) is 0. The van der Waals surface area contributed by atoms with Crippen LogP contribution < -0.4 is 0 Å². The van der Waals surface area contributed by atoms with E-state index < -0.39 is 0 Å². The van der Waals surface area contributed by atoms with Crippen LogP contribution in [-0.2, 0) is 9.59 Å². The lowest BCUT2D eigenvalue weighted by Crippen LogP contribution is -1.80. The van der Waals surface area contributed by atoms with E-state index in [1.807, 2.05) is 13.0 Å². The number of hydrogen-bond acceptors (Lipinski definition) is 3. The fraction of sp³-hybridized carbons (Fsp3) is 0.385. The van der Waals surface area contributed by atoms with Crippen molar-refractivity contribution in [3.63, 3.8) is 0 Å². The highest BCUT2D eigenvalue weighted by molar-refractivity contribution is 5.74. The van der Waals surface area contributed by atoms with Gasteiger partial charge in [-0.05, 0) is 32.9 Å². The van der Waals surface area contributed by atoms with Crippen LogP contribution in [0, 0.1) is 0 Å². The molecule has 0 aliphatic heterocycles. The van der Waals surface area contributed by atoms with Gasteiger partial charge in [-0.3, -0.25) is 0 Å². The maximum Gasteiger partial charge on any atom is 0.129 e. The minimum absolute atomic E-state index is 0.167. The SMILES string of the molecule is CC(C)=O.CCC(C)=O.Oc1ccccc1. The minimum Gasteiger partial charge on any atom is -0.508 e. The fourth-order valence-corrected chi connectivity index (χ4v) is 0.428. The molecule has 0 unspecified atom stereocenters. The van der Waals surface area contributed by atoms with Gasteiger partial charge in [-0.1, -0.05) is 25.1 Å². The van der Waals surface area contributed by atoms with E-state index in [1.54, 1.807) is 31.2 Å².